The summed E-state index contributed by atoms with van der Waals surface area (Å²) in [5.41, 5.74) is 10.9. The largest absolute Gasteiger partial charge is 0.398 e. The number of hydrogen-bond acceptors (Lipinski definition) is 4. The Hall–Kier alpha value is -2.37. The number of nitrogens with zero attached hydrogens (tertiary/aromatic N) is 3. The van der Waals surface area contributed by atoms with E-state index in [1.165, 1.54) is 5.56 Å². The second-order valence-electron chi connectivity index (χ2n) is 7.57. The van der Waals surface area contributed by atoms with Crippen LogP contribution in [-0.2, 0) is 17.8 Å². The van der Waals surface area contributed by atoms with Gasteiger partial charge >= 0.3 is 0 Å². The summed E-state index contributed by atoms with van der Waals surface area (Å²) < 4.78 is 0. The molecule has 2 N–H and O–H groups in total. The van der Waals surface area contributed by atoms with Crippen LogP contribution in [0.1, 0.15) is 16.7 Å². The molecule has 1 aliphatic rings. The monoisotopic (exact) mass is 366 g/mol. The van der Waals surface area contributed by atoms with Gasteiger partial charge in [0.2, 0.25) is 5.91 Å². The second-order valence-corrected chi connectivity index (χ2v) is 7.57. The highest BCUT2D eigenvalue weighted by Gasteiger charge is 2.15. The molecular formula is C22H30N4O. The summed E-state index contributed by atoms with van der Waals surface area (Å²) in [5.74, 6) is 0.0603. The normalized spacial score (nSPS) is 15.7. The lowest BCUT2D eigenvalue weighted by Gasteiger charge is -2.32. The first-order chi connectivity index (χ1) is 12.9. The third kappa shape index (κ3) is 5.08. The molecular weight excluding hydrogens is 336 g/mol. The number of nitrogen functional groups attached to an aromatic ring is 1. The van der Waals surface area contributed by atoms with E-state index in [1.54, 1.807) is 11.9 Å². The molecule has 5 nitrogen and oxygen atoms in total. The number of rotatable bonds is 5. The molecule has 0 spiro atoms. The minimum absolute atomic E-state index is 0.0603. The van der Waals surface area contributed by atoms with Crippen LogP contribution in [0.25, 0.3) is 0 Å². The van der Waals surface area contributed by atoms with Crippen molar-refractivity contribution in [1.29, 1.82) is 0 Å². The van der Waals surface area contributed by atoms with Crippen LogP contribution in [0.15, 0.2) is 42.5 Å². The molecule has 1 saturated heterocycles. The number of piperazine rings is 1. The number of hydrogen-bond donors (Lipinski definition) is 1. The Bertz CT molecular complexity index is 779. The zero-order valence-corrected chi connectivity index (χ0v) is 16.6. The maximum Gasteiger partial charge on any atom is 0.231 e. The molecule has 27 heavy (non-hydrogen) atoms. The smallest absolute Gasteiger partial charge is 0.231 e. The van der Waals surface area contributed by atoms with Crippen molar-refractivity contribution in [2.75, 3.05) is 50.9 Å². The van der Waals surface area contributed by atoms with E-state index in [9.17, 15) is 4.79 Å². The Morgan fingerprint density at radius 1 is 1.04 bits per heavy atom. The average Bonchev–Trinajstić information content (AvgIpc) is 2.66. The van der Waals surface area contributed by atoms with E-state index < -0.39 is 0 Å². The standard InChI is InChI=1S/C22H30N4O/c1-17-4-9-20(15-21(17)23)25(3)22(27)14-18-5-7-19(8-6-18)16-26-12-10-24(2)11-13-26/h4-9,15H,10-14,16,23H2,1-3H3. The highest BCUT2D eigenvalue weighted by molar-refractivity contribution is 5.94. The van der Waals surface area contributed by atoms with Crippen LogP contribution in [0.3, 0.4) is 0 Å². The van der Waals surface area contributed by atoms with E-state index in [2.05, 4.69) is 41.1 Å². The van der Waals surface area contributed by atoms with Gasteiger partial charge in [0.25, 0.3) is 0 Å². The van der Waals surface area contributed by atoms with E-state index in [1.807, 2.05) is 25.1 Å². The van der Waals surface area contributed by atoms with Gasteiger partial charge in [-0.2, -0.15) is 0 Å². The molecule has 1 aliphatic heterocycles. The number of carbonyl (C=O) groups excluding carboxylic acids is 1. The lowest BCUT2D eigenvalue weighted by molar-refractivity contribution is -0.117. The minimum Gasteiger partial charge on any atom is -0.398 e. The molecule has 1 heterocycles. The van der Waals surface area contributed by atoms with Gasteiger partial charge in [0.1, 0.15) is 0 Å². The highest BCUT2D eigenvalue weighted by Crippen LogP contribution is 2.21. The topological polar surface area (TPSA) is 52.8 Å². The number of aryl methyl sites for hydroxylation is 1. The number of anilines is 2. The van der Waals surface area contributed by atoms with Crippen LogP contribution >= 0.6 is 0 Å². The Balaban J connectivity index is 1.57. The van der Waals surface area contributed by atoms with Gasteiger partial charge in [-0.25, -0.2) is 0 Å². The molecule has 1 fully saturated rings. The molecule has 3 rings (SSSR count). The molecule has 1 amide bonds. The van der Waals surface area contributed by atoms with E-state index in [0.717, 1.165) is 49.5 Å². The van der Waals surface area contributed by atoms with E-state index in [0.29, 0.717) is 12.1 Å². The SMILES string of the molecule is Cc1ccc(N(C)C(=O)Cc2ccc(CN3CCN(C)CC3)cc2)cc1N. The number of carbonyl (C=O) groups is 1. The lowest BCUT2D eigenvalue weighted by atomic mass is 10.1. The molecule has 0 aromatic heterocycles. The van der Waals surface area contributed by atoms with Crippen molar-refractivity contribution in [2.45, 2.75) is 19.9 Å². The van der Waals surface area contributed by atoms with Crippen LogP contribution in [0, 0.1) is 6.92 Å². The van der Waals surface area contributed by atoms with Crippen molar-refractivity contribution in [3.05, 3.63) is 59.2 Å². The van der Waals surface area contributed by atoms with Gasteiger partial charge in [-0.15, -0.1) is 0 Å². The van der Waals surface area contributed by atoms with Gasteiger partial charge in [-0.1, -0.05) is 30.3 Å². The summed E-state index contributed by atoms with van der Waals surface area (Å²) in [6.07, 6.45) is 0.388. The first-order valence-corrected chi connectivity index (χ1v) is 9.54. The minimum atomic E-state index is 0.0603. The maximum atomic E-state index is 12.6. The van der Waals surface area contributed by atoms with Crippen molar-refractivity contribution in [3.63, 3.8) is 0 Å². The van der Waals surface area contributed by atoms with Gasteiger partial charge in [0.05, 0.1) is 6.42 Å². The molecule has 2 aromatic carbocycles. The third-order valence-corrected chi connectivity index (χ3v) is 5.40. The Morgan fingerprint density at radius 2 is 1.67 bits per heavy atom. The van der Waals surface area contributed by atoms with E-state index in [-0.39, 0.29) is 5.91 Å². The first kappa shape index (κ1) is 19.4. The van der Waals surface area contributed by atoms with Crippen LogP contribution in [-0.4, -0.2) is 56.0 Å². The van der Waals surface area contributed by atoms with Crippen LogP contribution in [0.2, 0.25) is 0 Å². The lowest BCUT2D eigenvalue weighted by Crippen LogP contribution is -2.43. The Morgan fingerprint density at radius 3 is 2.30 bits per heavy atom. The second kappa shape index (κ2) is 8.55. The van der Waals surface area contributed by atoms with Crippen LogP contribution in [0.4, 0.5) is 11.4 Å². The summed E-state index contributed by atoms with van der Waals surface area (Å²) in [5, 5.41) is 0. The van der Waals surface area contributed by atoms with E-state index >= 15 is 0 Å². The maximum absolute atomic E-state index is 12.6. The highest BCUT2D eigenvalue weighted by atomic mass is 16.2. The van der Waals surface area contributed by atoms with Crippen LogP contribution < -0.4 is 10.6 Å². The molecule has 144 valence electrons. The van der Waals surface area contributed by atoms with Crippen molar-refractivity contribution in [1.82, 2.24) is 9.80 Å². The number of nitrogens with two attached hydrogens (primary N) is 1. The fourth-order valence-corrected chi connectivity index (χ4v) is 3.30. The summed E-state index contributed by atoms with van der Waals surface area (Å²) in [4.78, 5) is 19.1. The molecule has 2 aromatic rings. The van der Waals surface area contributed by atoms with Gasteiger partial charge in [-0.3, -0.25) is 9.69 Å². The third-order valence-electron chi connectivity index (χ3n) is 5.40. The summed E-state index contributed by atoms with van der Waals surface area (Å²) in [7, 11) is 3.97. The zero-order chi connectivity index (χ0) is 19.4. The van der Waals surface area contributed by atoms with Crippen molar-refractivity contribution in [3.8, 4) is 0 Å². The number of benzene rings is 2. The van der Waals surface area contributed by atoms with Gasteiger partial charge in [-0.05, 0) is 42.8 Å². The Kier molecular flexibility index (Phi) is 6.14. The average molecular weight is 367 g/mol. The first-order valence-electron chi connectivity index (χ1n) is 9.54. The molecule has 0 aliphatic carbocycles. The molecule has 0 radical (unpaired) electrons. The fraction of sp³-hybridized carbons (Fsp3) is 0.409. The molecule has 5 heteroatoms. The summed E-state index contributed by atoms with van der Waals surface area (Å²) >= 11 is 0. The summed E-state index contributed by atoms with van der Waals surface area (Å²) in [6, 6.07) is 14.2. The van der Waals surface area contributed by atoms with Gasteiger partial charge in [0.15, 0.2) is 0 Å². The molecule has 0 saturated carbocycles. The summed E-state index contributed by atoms with van der Waals surface area (Å²) in [6.45, 7) is 7.42. The Labute approximate surface area is 162 Å². The predicted octanol–water partition coefficient (Wildman–Crippen LogP) is 2.53. The van der Waals surface area contributed by atoms with Crippen molar-refractivity contribution < 1.29 is 4.79 Å². The number of likely N-dealkylation sites (N-methyl/N-ethyl adjacent to an activating group) is 2. The van der Waals surface area contributed by atoms with Gasteiger partial charge < -0.3 is 15.5 Å². The molecule has 0 bridgehead atoms. The molecule has 0 unspecified atom stereocenters. The predicted molar refractivity (Wildman–Crippen MR) is 112 cm³/mol. The van der Waals surface area contributed by atoms with Crippen molar-refractivity contribution >= 4 is 17.3 Å². The van der Waals surface area contributed by atoms with E-state index in [4.69, 9.17) is 5.73 Å². The van der Waals surface area contributed by atoms with Crippen molar-refractivity contribution in [2.24, 2.45) is 0 Å². The fourth-order valence-electron chi connectivity index (χ4n) is 3.30. The van der Waals surface area contributed by atoms with Crippen LogP contribution in [0.5, 0.6) is 0 Å². The zero-order valence-electron chi connectivity index (χ0n) is 16.6. The quantitative estimate of drug-likeness (QED) is 0.826. The molecule has 0 atom stereocenters. The van der Waals surface area contributed by atoms with Gasteiger partial charge in [0, 0.05) is 51.1 Å². The number of amides is 1.